The summed E-state index contributed by atoms with van der Waals surface area (Å²) in [5, 5.41) is 0. The van der Waals surface area contributed by atoms with E-state index in [1.807, 2.05) is 6.92 Å². The molecule has 3 atom stereocenters. The van der Waals surface area contributed by atoms with Gasteiger partial charge in [0, 0.05) is 18.0 Å². The molecule has 94 valence electrons. The molecule has 0 bridgehead atoms. The lowest BCUT2D eigenvalue weighted by Gasteiger charge is -2.17. The number of hydrogen-bond acceptors (Lipinski definition) is 2. The van der Waals surface area contributed by atoms with Gasteiger partial charge < -0.3 is 10.5 Å². The molecule has 0 aliphatic carbocycles. The van der Waals surface area contributed by atoms with Crippen LogP contribution in [0.3, 0.4) is 0 Å². The second kappa shape index (κ2) is 5.10. The van der Waals surface area contributed by atoms with Gasteiger partial charge in [-0.3, -0.25) is 0 Å². The first-order valence-electron chi connectivity index (χ1n) is 5.86. The zero-order chi connectivity index (χ0) is 12.4. The standard InChI is InChI=1S/C13H17F2NO/c1-8-2-10(7-17-8)13(16)5-9-3-11(14)6-12(15)4-9/h3-4,6,8,10,13H,2,5,7,16H2,1H3. The van der Waals surface area contributed by atoms with Crippen molar-refractivity contribution in [2.75, 3.05) is 6.61 Å². The van der Waals surface area contributed by atoms with Gasteiger partial charge in [-0.1, -0.05) is 0 Å². The highest BCUT2D eigenvalue weighted by molar-refractivity contribution is 5.19. The Kier molecular flexibility index (Phi) is 3.74. The van der Waals surface area contributed by atoms with E-state index in [9.17, 15) is 8.78 Å². The van der Waals surface area contributed by atoms with E-state index in [2.05, 4.69) is 0 Å². The molecule has 0 saturated carbocycles. The first-order chi connectivity index (χ1) is 8.04. The summed E-state index contributed by atoms with van der Waals surface area (Å²) in [7, 11) is 0. The number of hydrogen-bond donors (Lipinski definition) is 1. The van der Waals surface area contributed by atoms with Crippen LogP contribution in [-0.2, 0) is 11.2 Å². The minimum atomic E-state index is -0.553. The van der Waals surface area contributed by atoms with E-state index in [-0.39, 0.29) is 18.1 Å². The van der Waals surface area contributed by atoms with Gasteiger partial charge >= 0.3 is 0 Å². The van der Waals surface area contributed by atoms with Gasteiger partial charge in [0.05, 0.1) is 12.7 Å². The summed E-state index contributed by atoms with van der Waals surface area (Å²) in [4.78, 5) is 0. The zero-order valence-corrected chi connectivity index (χ0v) is 9.83. The molecule has 0 spiro atoms. The van der Waals surface area contributed by atoms with E-state index < -0.39 is 11.6 Å². The molecular formula is C13H17F2NO. The van der Waals surface area contributed by atoms with Gasteiger partial charge in [0.15, 0.2) is 0 Å². The first kappa shape index (κ1) is 12.5. The maximum absolute atomic E-state index is 13.0. The van der Waals surface area contributed by atoms with E-state index in [4.69, 9.17) is 10.5 Å². The van der Waals surface area contributed by atoms with Crippen molar-refractivity contribution in [3.8, 4) is 0 Å². The highest BCUT2D eigenvalue weighted by Gasteiger charge is 2.27. The number of nitrogens with two attached hydrogens (primary N) is 1. The Bertz CT molecular complexity index is 377. The summed E-state index contributed by atoms with van der Waals surface area (Å²) < 4.78 is 31.5. The second-order valence-electron chi connectivity index (χ2n) is 4.79. The van der Waals surface area contributed by atoms with Crippen LogP contribution >= 0.6 is 0 Å². The van der Waals surface area contributed by atoms with Crippen LogP contribution in [0.4, 0.5) is 8.78 Å². The fraction of sp³-hybridized carbons (Fsp3) is 0.538. The second-order valence-corrected chi connectivity index (χ2v) is 4.79. The Morgan fingerprint density at radius 2 is 2.00 bits per heavy atom. The highest BCUT2D eigenvalue weighted by Crippen LogP contribution is 2.23. The van der Waals surface area contributed by atoms with Crippen LogP contribution in [0.1, 0.15) is 18.9 Å². The summed E-state index contributed by atoms with van der Waals surface area (Å²) in [5.74, 6) is -0.831. The van der Waals surface area contributed by atoms with Crippen molar-refractivity contribution >= 4 is 0 Å². The Labute approximate surface area is 99.8 Å². The lowest BCUT2D eigenvalue weighted by Crippen LogP contribution is -2.32. The van der Waals surface area contributed by atoms with Gasteiger partial charge in [0.2, 0.25) is 0 Å². The normalized spacial score (nSPS) is 26.1. The van der Waals surface area contributed by atoms with Crippen molar-refractivity contribution < 1.29 is 13.5 Å². The molecule has 1 aromatic rings. The van der Waals surface area contributed by atoms with E-state index in [1.165, 1.54) is 12.1 Å². The third-order valence-electron chi connectivity index (χ3n) is 3.23. The molecule has 0 radical (unpaired) electrons. The van der Waals surface area contributed by atoms with Crippen LogP contribution in [0, 0.1) is 17.6 Å². The molecule has 4 heteroatoms. The molecule has 0 amide bonds. The van der Waals surface area contributed by atoms with Crippen LogP contribution in [0.15, 0.2) is 18.2 Å². The van der Waals surface area contributed by atoms with Gasteiger partial charge in [0.25, 0.3) is 0 Å². The molecule has 2 N–H and O–H groups in total. The van der Waals surface area contributed by atoms with Gasteiger partial charge in [-0.2, -0.15) is 0 Å². The smallest absolute Gasteiger partial charge is 0.126 e. The van der Waals surface area contributed by atoms with Gasteiger partial charge in [-0.25, -0.2) is 8.78 Å². The molecule has 3 unspecified atom stereocenters. The Balaban J connectivity index is 2.00. The first-order valence-corrected chi connectivity index (χ1v) is 5.86. The van der Waals surface area contributed by atoms with Crippen molar-refractivity contribution in [3.05, 3.63) is 35.4 Å². The third kappa shape index (κ3) is 3.23. The van der Waals surface area contributed by atoms with E-state index >= 15 is 0 Å². The third-order valence-corrected chi connectivity index (χ3v) is 3.23. The summed E-state index contributed by atoms with van der Waals surface area (Å²) >= 11 is 0. The molecule has 2 nitrogen and oxygen atoms in total. The molecule has 2 rings (SSSR count). The van der Waals surface area contributed by atoms with Crippen molar-refractivity contribution in [2.24, 2.45) is 11.7 Å². The van der Waals surface area contributed by atoms with Crippen LogP contribution in [0.5, 0.6) is 0 Å². The van der Waals surface area contributed by atoms with Crippen LogP contribution in [0.2, 0.25) is 0 Å². The fourth-order valence-electron chi connectivity index (χ4n) is 2.32. The van der Waals surface area contributed by atoms with Crippen LogP contribution in [-0.4, -0.2) is 18.8 Å². The molecule has 0 aromatic heterocycles. The molecular weight excluding hydrogens is 224 g/mol. The maximum Gasteiger partial charge on any atom is 0.126 e. The van der Waals surface area contributed by atoms with E-state index in [0.29, 0.717) is 18.6 Å². The Morgan fingerprint density at radius 1 is 1.35 bits per heavy atom. The molecule has 17 heavy (non-hydrogen) atoms. The largest absolute Gasteiger partial charge is 0.378 e. The van der Waals surface area contributed by atoms with Gasteiger partial charge in [-0.05, 0) is 37.5 Å². The molecule has 1 fully saturated rings. The lowest BCUT2D eigenvalue weighted by molar-refractivity contribution is 0.118. The predicted molar refractivity (Wildman–Crippen MR) is 61.6 cm³/mol. The number of benzene rings is 1. The SMILES string of the molecule is CC1CC(C(N)Cc2cc(F)cc(F)c2)CO1. The number of ether oxygens (including phenoxy) is 1. The monoisotopic (exact) mass is 241 g/mol. The fourth-order valence-corrected chi connectivity index (χ4v) is 2.32. The molecule has 1 aromatic carbocycles. The zero-order valence-electron chi connectivity index (χ0n) is 9.83. The van der Waals surface area contributed by atoms with E-state index in [1.54, 1.807) is 0 Å². The van der Waals surface area contributed by atoms with Gasteiger partial charge in [0.1, 0.15) is 11.6 Å². The Hall–Kier alpha value is -1.00. The average molecular weight is 241 g/mol. The van der Waals surface area contributed by atoms with Crippen molar-refractivity contribution in [1.29, 1.82) is 0 Å². The summed E-state index contributed by atoms with van der Waals surface area (Å²) in [6, 6.07) is 3.43. The summed E-state index contributed by atoms with van der Waals surface area (Å²) in [6.07, 6.45) is 1.63. The molecule has 1 saturated heterocycles. The molecule has 1 heterocycles. The molecule has 1 aliphatic rings. The topological polar surface area (TPSA) is 35.2 Å². The van der Waals surface area contributed by atoms with Crippen molar-refractivity contribution in [3.63, 3.8) is 0 Å². The lowest BCUT2D eigenvalue weighted by atomic mass is 9.92. The number of rotatable bonds is 3. The molecule has 1 aliphatic heterocycles. The van der Waals surface area contributed by atoms with Crippen LogP contribution in [0.25, 0.3) is 0 Å². The van der Waals surface area contributed by atoms with Crippen molar-refractivity contribution in [1.82, 2.24) is 0 Å². The maximum atomic E-state index is 13.0. The average Bonchev–Trinajstić information content (AvgIpc) is 2.63. The minimum Gasteiger partial charge on any atom is -0.378 e. The quantitative estimate of drug-likeness (QED) is 0.881. The summed E-state index contributed by atoms with van der Waals surface area (Å²) in [6.45, 7) is 2.65. The van der Waals surface area contributed by atoms with Crippen LogP contribution < -0.4 is 5.73 Å². The van der Waals surface area contributed by atoms with Gasteiger partial charge in [-0.15, -0.1) is 0 Å². The minimum absolute atomic E-state index is 0.110. The van der Waals surface area contributed by atoms with Crippen molar-refractivity contribution in [2.45, 2.75) is 31.9 Å². The number of halogens is 2. The summed E-state index contributed by atoms with van der Waals surface area (Å²) in [5.41, 5.74) is 6.65. The predicted octanol–water partition coefficient (Wildman–Crippen LogP) is 2.26. The highest BCUT2D eigenvalue weighted by atomic mass is 19.1. The van der Waals surface area contributed by atoms with E-state index in [0.717, 1.165) is 12.5 Å². The Morgan fingerprint density at radius 3 is 2.53 bits per heavy atom.